The number of hydroxylamine groups is 2. The van der Waals surface area contributed by atoms with E-state index in [0.29, 0.717) is 11.4 Å². The number of esters is 1. The van der Waals surface area contributed by atoms with Crippen LogP contribution in [0.25, 0.3) is 10.9 Å². The van der Waals surface area contributed by atoms with Crippen LogP contribution in [-0.4, -0.2) is 28.7 Å². The number of benzene rings is 2. The molecule has 0 bridgehead atoms. The maximum Gasteiger partial charge on any atom is 0.353 e. The van der Waals surface area contributed by atoms with Crippen LogP contribution in [0.2, 0.25) is 0 Å². The van der Waals surface area contributed by atoms with Crippen molar-refractivity contribution in [3.8, 4) is 5.75 Å². The minimum absolute atomic E-state index is 0.0115. The van der Waals surface area contributed by atoms with Crippen LogP contribution in [0.1, 0.15) is 18.2 Å². The Morgan fingerprint density at radius 2 is 1.92 bits per heavy atom. The zero-order chi connectivity index (χ0) is 18.3. The van der Waals surface area contributed by atoms with Gasteiger partial charge in [0.1, 0.15) is 11.8 Å². The number of para-hydroxylation sites is 1. The highest BCUT2D eigenvalue weighted by atomic mass is 79.9. The monoisotopic (exact) mass is 414 g/mol. The summed E-state index contributed by atoms with van der Waals surface area (Å²) in [6.07, 6.45) is -0.0115. The number of fused-ring (bicyclic) bond motifs is 3. The third kappa shape index (κ3) is 2.69. The Kier molecular flexibility index (Phi) is 4.26. The van der Waals surface area contributed by atoms with Crippen molar-refractivity contribution in [2.45, 2.75) is 12.5 Å². The molecule has 4 rings (SSSR count). The first-order chi connectivity index (χ1) is 12.6. The molecule has 1 aliphatic heterocycles. The summed E-state index contributed by atoms with van der Waals surface area (Å²) < 4.78 is 7.83. The summed E-state index contributed by atoms with van der Waals surface area (Å²) in [7, 11) is 1.41. The predicted molar refractivity (Wildman–Crippen MR) is 98.7 cm³/mol. The smallest absolute Gasteiger partial charge is 0.353 e. The second kappa shape index (κ2) is 6.59. The molecular weight excluding hydrogens is 400 g/mol. The van der Waals surface area contributed by atoms with Gasteiger partial charge < -0.3 is 4.74 Å². The minimum atomic E-state index is -0.553. The van der Waals surface area contributed by atoms with Gasteiger partial charge in [0.25, 0.3) is 0 Å². The largest absolute Gasteiger partial charge is 0.426 e. The Hall–Kier alpha value is -2.64. The Morgan fingerprint density at radius 3 is 2.65 bits per heavy atom. The Morgan fingerprint density at radius 1 is 1.15 bits per heavy atom. The van der Waals surface area contributed by atoms with E-state index in [1.807, 2.05) is 30.3 Å². The van der Waals surface area contributed by atoms with Crippen LogP contribution in [0.15, 0.2) is 59.1 Å². The first kappa shape index (κ1) is 16.8. The molecule has 0 N–H and O–H groups in total. The Bertz CT molecular complexity index is 999. The highest BCUT2D eigenvalue weighted by molar-refractivity contribution is 9.10. The van der Waals surface area contributed by atoms with Crippen molar-refractivity contribution in [1.82, 2.24) is 9.63 Å². The number of hydrogen-bond donors (Lipinski definition) is 0. The normalized spacial score (nSPS) is 16.2. The molecule has 0 saturated heterocycles. The van der Waals surface area contributed by atoms with E-state index < -0.39 is 12.0 Å². The van der Waals surface area contributed by atoms with E-state index in [2.05, 4.69) is 15.9 Å². The summed E-state index contributed by atoms with van der Waals surface area (Å²) in [5, 5.41) is 2.12. The van der Waals surface area contributed by atoms with Crippen LogP contribution >= 0.6 is 15.9 Å². The van der Waals surface area contributed by atoms with Crippen LogP contribution in [-0.2, 0) is 9.63 Å². The standard InChI is InChI=1S/C19H15BrN2O4/c1-25-22-17(11-18(23)26-12-6-3-2-4-7-12)16-10-13-14(20)8-5-9-15(13)21(16)19(22)24/h2-10,17H,11H2,1H3. The predicted octanol–water partition coefficient (Wildman–Crippen LogP) is 4.29. The lowest BCUT2D eigenvalue weighted by Gasteiger charge is -2.20. The van der Waals surface area contributed by atoms with Crippen molar-refractivity contribution in [3.05, 3.63) is 64.8 Å². The van der Waals surface area contributed by atoms with Gasteiger partial charge in [-0.3, -0.25) is 14.2 Å². The number of halogens is 1. The summed E-state index contributed by atoms with van der Waals surface area (Å²) in [5.74, 6) is 0.0305. The van der Waals surface area contributed by atoms with E-state index in [4.69, 9.17) is 9.57 Å². The summed E-state index contributed by atoms with van der Waals surface area (Å²) in [6, 6.07) is 15.5. The van der Waals surface area contributed by atoms with Crippen molar-refractivity contribution in [1.29, 1.82) is 0 Å². The molecule has 0 fully saturated rings. The second-order valence-corrected chi connectivity index (χ2v) is 6.73. The average Bonchev–Trinajstić information content (AvgIpc) is 3.13. The molecule has 132 valence electrons. The fourth-order valence-electron chi connectivity index (χ4n) is 3.24. The van der Waals surface area contributed by atoms with Gasteiger partial charge in [-0.15, -0.1) is 0 Å². The van der Waals surface area contributed by atoms with E-state index in [1.54, 1.807) is 28.8 Å². The highest BCUT2D eigenvalue weighted by Gasteiger charge is 2.40. The van der Waals surface area contributed by atoms with Gasteiger partial charge in [0.2, 0.25) is 0 Å². The molecule has 0 spiro atoms. The maximum atomic E-state index is 12.8. The molecule has 26 heavy (non-hydrogen) atoms. The van der Waals surface area contributed by atoms with Crippen LogP contribution in [0, 0.1) is 0 Å². The SMILES string of the molecule is CON1C(=O)n2c(cc3c(Br)cccc32)C1CC(=O)Oc1ccccc1. The number of aromatic nitrogens is 1. The minimum Gasteiger partial charge on any atom is -0.426 e. The van der Waals surface area contributed by atoms with Crippen LogP contribution in [0.5, 0.6) is 5.75 Å². The number of ether oxygens (including phenoxy) is 1. The first-order valence-corrected chi connectivity index (χ1v) is 8.82. The van der Waals surface area contributed by atoms with Gasteiger partial charge in [0.05, 0.1) is 24.7 Å². The molecule has 0 saturated carbocycles. The van der Waals surface area contributed by atoms with Crippen LogP contribution in [0.3, 0.4) is 0 Å². The lowest BCUT2D eigenvalue weighted by Crippen LogP contribution is -2.30. The molecule has 1 amide bonds. The molecule has 1 unspecified atom stereocenters. The number of carbonyl (C=O) groups is 2. The van der Waals surface area contributed by atoms with Gasteiger partial charge in [-0.25, -0.2) is 4.79 Å². The molecule has 3 aromatic rings. The topological polar surface area (TPSA) is 60.8 Å². The van der Waals surface area contributed by atoms with Crippen LogP contribution in [0.4, 0.5) is 4.79 Å². The highest BCUT2D eigenvalue weighted by Crippen LogP contribution is 2.39. The third-order valence-electron chi connectivity index (χ3n) is 4.36. The molecule has 1 aliphatic rings. The number of carbonyl (C=O) groups excluding carboxylic acids is 2. The quantitative estimate of drug-likeness (QED) is 0.471. The zero-order valence-corrected chi connectivity index (χ0v) is 15.5. The zero-order valence-electron chi connectivity index (χ0n) is 13.9. The molecule has 7 heteroatoms. The third-order valence-corrected chi connectivity index (χ3v) is 5.05. The Balaban J connectivity index is 1.68. The summed E-state index contributed by atoms with van der Waals surface area (Å²) in [5.41, 5.74) is 1.46. The van der Waals surface area contributed by atoms with Crippen molar-refractivity contribution < 1.29 is 19.2 Å². The lowest BCUT2D eigenvalue weighted by atomic mass is 10.1. The molecule has 6 nitrogen and oxygen atoms in total. The van der Waals surface area contributed by atoms with E-state index in [9.17, 15) is 9.59 Å². The van der Waals surface area contributed by atoms with Gasteiger partial charge in [0.15, 0.2) is 0 Å². The van der Waals surface area contributed by atoms with Gasteiger partial charge in [-0.2, -0.15) is 5.06 Å². The summed E-state index contributed by atoms with van der Waals surface area (Å²) in [4.78, 5) is 30.4. The lowest BCUT2D eigenvalue weighted by molar-refractivity contribution is -0.143. The molecule has 1 atom stereocenters. The fourth-order valence-corrected chi connectivity index (χ4v) is 3.71. The van der Waals surface area contributed by atoms with Gasteiger partial charge >= 0.3 is 12.0 Å². The number of hydrogen-bond acceptors (Lipinski definition) is 4. The van der Waals surface area contributed by atoms with E-state index >= 15 is 0 Å². The molecular formula is C19H15BrN2O4. The molecule has 0 aliphatic carbocycles. The van der Waals surface area contributed by atoms with Crippen molar-refractivity contribution in [2.75, 3.05) is 7.11 Å². The fraction of sp³-hybridized carbons (Fsp3) is 0.158. The average molecular weight is 415 g/mol. The van der Waals surface area contributed by atoms with Crippen molar-refractivity contribution in [3.63, 3.8) is 0 Å². The van der Waals surface area contributed by atoms with Crippen molar-refractivity contribution >= 4 is 38.8 Å². The Labute approximate surface area is 158 Å². The first-order valence-electron chi connectivity index (χ1n) is 8.03. The van der Waals surface area contributed by atoms with Gasteiger partial charge in [0, 0.05) is 9.86 Å². The molecule has 0 radical (unpaired) electrons. The van der Waals surface area contributed by atoms with Gasteiger partial charge in [-0.05, 0) is 30.3 Å². The maximum absolute atomic E-state index is 12.8. The van der Waals surface area contributed by atoms with E-state index in [0.717, 1.165) is 15.4 Å². The summed E-state index contributed by atoms with van der Waals surface area (Å²) >= 11 is 3.50. The molecule has 1 aromatic heterocycles. The summed E-state index contributed by atoms with van der Waals surface area (Å²) in [6.45, 7) is 0. The van der Waals surface area contributed by atoms with Crippen LogP contribution < -0.4 is 4.74 Å². The number of rotatable bonds is 4. The van der Waals surface area contributed by atoms with Crippen molar-refractivity contribution in [2.24, 2.45) is 0 Å². The van der Waals surface area contributed by atoms with Gasteiger partial charge in [-0.1, -0.05) is 40.2 Å². The molecule has 2 heterocycles. The van der Waals surface area contributed by atoms with E-state index in [1.165, 1.54) is 12.2 Å². The second-order valence-electron chi connectivity index (χ2n) is 5.88. The number of amides is 1. The van der Waals surface area contributed by atoms with E-state index in [-0.39, 0.29) is 12.5 Å². The molecule has 2 aromatic carbocycles. The number of nitrogens with zero attached hydrogens (tertiary/aromatic N) is 2.